The summed E-state index contributed by atoms with van der Waals surface area (Å²) >= 11 is 0. The van der Waals surface area contributed by atoms with Crippen molar-refractivity contribution in [2.24, 2.45) is 0 Å². The van der Waals surface area contributed by atoms with Crippen molar-refractivity contribution in [3.8, 4) is 0 Å². The van der Waals surface area contributed by atoms with Crippen molar-refractivity contribution in [1.29, 1.82) is 0 Å². The first-order valence-corrected chi connectivity index (χ1v) is 10.4. The molecule has 1 aliphatic heterocycles. The van der Waals surface area contributed by atoms with Crippen molar-refractivity contribution < 1.29 is 23.8 Å². The third kappa shape index (κ3) is 5.40. The smallest absolute Gasteiger partial charge is 0.262 e. The van der Waals surface area contributed by atoms with Crippen molar-refractivity contribution >= 4 is 31.0 Å². The molecule has 0 radical (unpaired) electrons. The van der Waals surface area contributed by atoms with Crippen molar-refractivity contribution in [3.05, 3.63) is 65.7 Å². The highest BCUT2D eigenvalue weighted by atomic mass is 31.2. The highest BCUT2D eigenvalue weighted by Crippen LogP contribution is 2.39. The molecule has 0 fully saturated rings. The monoisotopic (exact) mass is 402 g/mol. The van der Waals surface area contributed by atoms with Crippen LogP contribution in [0.3, 0.4) is 0 Å². The second-order valence-corrected chi connectivity index (χ2v) is 8.38. The van der Waals surface area contributed by atoms with Gasteiger partial charge in [-0.25, -0.2) is 0 Å². The maximum atomic E-state index is 8.77. The Hall–Kier alpha value is -2.24. The summed E-state index contributed by atoms with van der Waals surface area (Å²) in [5.74, 6) is 0. The van der Waals surface area contributed by atoms with Gasteiger partial charge in [0, 0.05) is 37.5 Å². The van der Waals surface area contributed by atoms with E-state index in [9.17, 15) is 0 Å². The third-order valence-electron chi connectivity index (χ3n) is 4.78. The molecule has 0 bridgehead atoms. The maximum Gasteiger partial charge on any atom is 0.262 e. The normalized spacial score (nSPS) is 15.3. The van der Waals surface area contributed by atoms with Gasteiger partial charge < -0.3 is 19.6 Å². The lowest BCUT2D eigenvalue weighted by Crippen LogP contribution is -2.26. The minimum Gasteiger partial charge on any atom is -0.756 e. The molecule has 0 aromatic heterocycles. The first-order valence-electron chi connectivity index (χ1n) is 8.84. The molecule has 0 amide bonds. The molecule has 1 heterocycles. The van der Waals surface area contributed by atoms with E-state index in [1.54, 1.807) is 0 Å². The predicted molar refractivity (Wildman–Crippen MR) is 112 cm³/mol. The minimum absolute atomic E-state index is 0.0332. The second kappa shape index (κ2) is 8.41. The van der Waals surface area contributed by atoms with Gasteiger partial charge in [-0.15, -0.1) is 0 Å². The average Bonchev–Trinajstić information content (AvgIpc) is 2.79. The molecule has 150 valence electrons. The lowest BCUT2D eigenvalue weighted by atomic mass is 9.81. The number of phosphoric acid groups is 1. The summed E-state index contributed by atoms with van der Waals surface area (Å²) < 4.78 is 11.1. The maximum absolute atomic E-state index is 8.77. The SMILES string of the molecule is CN(C)c1ccc(C=CC2=[N+](C)c3ccccc3C2(C)C)cc1.O=P([O-])(O)O. The van der Waals surface area contributed by atoms with E-state index in [1.807, 2.05) is 0 Å². The van der Waals surface area contributed by atoms with E-state index < -0.39 is 7.82 Å². The molecule has 3 rings (SSSR count). The Balaban J connectivity index is 0.000000500. The number of benzene rings is 2. The average molecular weight is 402 g/mol. The zero-order chi connectivity index (χ0) is 21.1. The van der Waals surface area contributed by atoms with Crippen LogP contribution in [0.2, 0.25) is 0 Å². The van der Waals surface area contributed by atoms with Gasteiger partial charge in [-0.05, 0) is 37.6 Å². The Morgan fingerprint density at radius 2 is 1.57 bits per heavy atom. The van der Waals surface area contributed by atoms with Gasteiger partial charge in [-0.2, -0.15) is 4.58 Å². The molecule has 7 heteroatoms. The number of allylic oxidation sites excluding steroid dienone is 1. The number of hydrogen-bond donors (Lipinski definition) is 2. The number of fused-ring (bicyclic) bond motifs is 1. The number of nitrogens with zero attached hydrogens (tertiary/aromatic N) is 2. The highest BCUT2D eigenvalue weighted by molar-refractivity contribution is 7.43. The summed E-state index contributed by atoms with van der Waals surface area (Å²) in [6, 6.07) is 17.3. The van der Waals surface area contributed by atoms with Crippen molar-refractivity contribution in [2.45, 2.75) is 19.3 Å². The zero-order valence-electron chi connectivity index (χ0n) is 16.8. The van der Waals surface area contributed by atoms with Crippen LogP contribution in [-0.2, 0) is 9.98 Å². The molecular formula is C21H27N2O4P. The van der Waals surface area contributed by atoms with E-state index in [-0.39, 0.29) is 5.41 Å². The zero-order valence-corrected chi connectivity index (χ0v) is 17.7. The Bertz CT molecular complexity index is 933. The van der Waals surface area contributed by atoms with Gasteiger partial charge in [-0.1, -0.05) is 30.3 Å². The van der Waals surface area contributed by atoms with Crippen LogP contribution in [0.15, 0.2) is 54.6 Å². The van der Waals surface area contributed by atoms with Crippen LogP contribution in [0, 0.1) is 0 Å². The Morgan fingerprint density at radius 3 is 2.07 bits per heavy atom. The Kier molecular flexibility index (Phi) is 6.63. The molecule has 28 heavy (non-hydrogen) atoms. The predicted octanol–water partition coefficient (Wildman–Crippen LogP) is 2.91. The van der Waals surface area contributed by atoms with Crippen molar-refractivity contribution in [1.82, 2.24) is 0 Å². The first kappa shape index (κ1) is 22.1. The van der Waals surface area contributed by atoms with Gasteiger partial charge in [-0.3, -0.25) is 4.57 Å². The van der Waals surface area contributed by atoms with E-state index in [2.05, 4.69) is 105 Å². The van der Waals surface area contributed by atoms with Crippen LogP contribution >= 0.6 is 7.82 Å². The standard InChI is InChI=1S/C21H25N2.H3O4P/c1-21(2)18-8-6-7-9-19(18)23(5)20(21)15-12-16-10-13-17(14-11-16)22(3)4;1-5(2,3)4/h6-15H,1-5H3;(H3,1,2,3,4)/q+1;/p-1. The molecule has 2 aromatic carbocycles. The molecule has 0 spiro atoms. The first-order chi connectivity index (χ1) is 12.9. The van der Waals surface area contributed by atoms with Crippen molar-refractivity contribution in [3.63, 3.8) is 0 Å². The molecule has 0 aliphatic carbocycles. The van der Waals surface area contributed by atoms with E-state index in [0.29, 0.717) is 0 Å². The molecule has 0 unspecified atom stereocenters. The van der Waals surface area contributed by atoms with Crippen LogP contribution in [0.1, 0.15) is 25.0 Å². The molecule has 2 N–H and O–H groups in total. The fraction of sp³-hybridized carbons (Fsp3) is 0.286. The van der Waals surface area contributed by atoms with E-state index in [4.69, 9.17) is 19.2 Å². The molecule has 6 nitrogen and oxygen atoms in total. The molecule has 0 saturated carbocycles. The van der Waals surface area contributed by atoms with Crippen molar-refractivity contribution in [2.75, 3.05) is 26.0 Å². The number of anilines is 1. The number of hydrogen-bond acceptors (Lipinski definition) is 3. The van der Waals surface area contributed by atoms with Gasteiger partial charge in [0.15, 0.2) is 5.71 Å². The van der Waals surface area contributed by atoms with Crippen LogP contribution < -0.4 is 9.79 Å². The summed E-state index contributed by atoms with van der Waals surface area (Å²) in [6.45, 7) is 4.59. The van der Waals surface area contributed by atoms with Crippen LogP contribution in [-0.4, -0.2) is 41.2 Å². The van der Waals surface area contributed by atoms with Gasteiger partial charge in [0.2, 0.25) is 5.69 Å². The summed E-state index contributed by atoms with van der Waals surface area (Å²) in [5.41, 5.74) is 6.51. The van der Waals surface area contributed by atoms with Gasteiger partial charge in [0.05, 0.1) is 5.41 Å². The fourth-order valence-electron chi connectivity index (χ4n) is 3.36. The van der Waals surface area contributed by atoms with E-state index in [0.717, 1.165) is 0 Å². The summed E-state index contributed by atoms with van der Waals surface area (Å²) in [7, 11) is 1.39. The highest BCUT2D eigenvalue weighted by Gasteiger charge is 2.42. The fourth-order valence-corrected chi connectivity index (χ4v) is 3.36. The van der Waals surface area contributed by atoms with E-state index in [1.165, 1.54) is 28.2 Å². The molecule has 0 saturated heterocycles. The van der Waals surface area contributed by atoms with E-state index >= 15 is 0 Å². The van der Waals surface area contributed by atoms with Gasteiger partial charge in [0.1, 0.15) is 7.05 Å². The Morgan fingerprint density at radius 1 is 1.04 bits per heavy atom. The lowest BCUT2D eigenvalue weighted by Gasteiger charge is -2.15. The lowest BCUT2D eigenvalue weighted by molar-refractivity contribution is -0.401. The number of para-hydroxylation sites is 1. The number of rotatable bonds is 3. The van der Waals surface area contributed by atoms with Crippen LogP contribution in [0.25, 0.3) is 6.08 Å². The van der Waals surface area contributed by atoms with Crippen LogP contribution in [0.4, 0.5) is 11.4 Å². The second-order valence-electron chi connectivity index (χ2n) is 7.40. The van der Waals surface area contributed by atoms with Gasteiger partial charge >= 0.3 is 0 Å². The Labute approximate surface area is 166 Å². The van der Waals surface area contributed by atoms with Gasteiger partial charge in [0.25, 0.3) is 7.82 Å². The summed E-state index contributed by atoms with van der Waals surface area (Å²) in [6.07, 6.45) is 4.46. The minimum atomic E-state index is -4.89. The summed E-state index contributed by atoms with van der Waals surface area (Å²) in [5, 5.41) is 0. The molecule has 1 aliphatic rings. The van der Waals surface area contributed by atoms with Crippen LogP contribution in [0.5, 0.6) is 0 Å². The third-order valence-corrected chi connectivity index (χ3v) is 4.78. The topological polar surface area (TPSA) is 86.8 Å². The summed E-state index contributed by atoms with van der Waals surface area (Å²) in [4.78, 5) is 25.0. The molecular weight excluding hydrogens is 375 g/mol. The molecule has 0 atom stereocenters. The quantitative estimate of drug-likeness (QED) is 0.609. The molecule has 2 aromatic rings. The largest absolute Gasteiger partial charge is 0.756 e.